The van der Waals surface area contributed by atoms with Crippen LogP contribution in [0.1, 0.15) is 43.8 Å². The number of nitrogens with one attached hydrogen (secondary N) is 1. The molecule has 0 aliphatic heterocycles. The summed E-state index contributed by atoms with van der Waals surface area (Å²) in [5, 5.41) is 6.74. The molecule has 0 spiro atoms. The van der Waals surface area contributed by atoms with E-state index in [0.717, 1.165) is 23.7 Å². The first-order valence-electron chi connectivity index (χ1n) is 7.07. The minimum absolute atomic E-state index is 0.205. The molecule has 0 radical (unpaired) electrons. The Morgan fingerprint density at radius 3 is 2.85 bits per heavy atom. The fourth-order valence-electron chi connectivity index (χ4n) is 2.05. The summed E-state index contributed by atoms with van der Waals surface area (Å²) in [6.45, 7) is 7.09. The molecule has 0 saturated heterocycles. The van der Waals surface area contributed by atoms with Crippen molar-refractivity contribution in [2.45, 2.75) is 45.9 Å². The Morgan fingerprint density at radius 2 is 2.20 bits per heavy atom. The molecule has 3 nitrogen and oxygen atoms in total. The number of rotatable bonds is 7. The first-order valence-corrected chi connectivity index (χ1v) is 7.95. The average Bonchev–Trinajstić information content (AvgIpc) is 2.93. The van der Waals surface area contributed by atoms with Gasteiger partial charge in [-0.1, -0.05) is 19.1 Å². The smallest absolute Gasteiger partial charge is 0.120 e. The number of nitrogens with zero attached hydrogens (tertiary/aromatic N) is 1. The standard InChI is InChI=1S/C16H22N2OS/c1-4-15(16-17-8-9-20-16)18-11-13-6-5-7-14(10-13)19-12(2)3/h5-10,12,15,18H,4,11H2,1-3H3. The van der Waals surface area contributed by atoms with Crippen molar-refractivity contribution in [2.75, 3.05) is 0 Å². The van der Waals surface area contributed by atoms with Gasteiger partial charge in [-0.25, -0.2) is 4.98 Å². The Bertz CT molecular complexity index is 511. The maximum Gasteiger partial charge on any atom is 0.120 e. The Morgan fingerprint density at radius 1 is 1.35 bits per heavy atom. The molecule has 1 unspecified atom stereocenters. The third-order valence-corrected chi connectivity index (χ3v) is 3.87. The zero-order chi connectivity index (χ0) is 14.4. The van der Waals surface area contributed by atoms with Gasteiger partial charge < -0.3 is 10.1 Å². The lowest BCUT2D eigenvalue weighted by Crippen LogP contribution is -2.20. The highest BCUT2D eigenvalue weighted by Gasteiger charge is 2.11. The third kappa shape index (κ3) is 4.32. The van der Waals surface area contributed by atoms with Gasteiger partial charge in [-0.2, -0.15) is 0 Å². The molecule has 1 aromatic heterocycles. The van der Waals surface area contributed by atoms with E-state index in [9.17, 15) is 0 Å². The molecule has 1 aromatic carbocycles. The third-order valence-electron chi connectivity index (χ3n) is 2.98. The maximum absolute atomic E-state index is 5.72. The van der Waals surface area contributed by atoms with Gasteiger partial charge in [-0.15, -0.1) is 11.3 Å². The molecule has 4 heteroatoms. The van der Waals surface area contributed by atoms with Gasteiger partial charge >= 0.3 is 0 Å². The number of ether oxygens (including phenoxy) is 1. The van der Waals surface area contributed by atoms with E-state index in [1.54, 1.807) is 11.3 Å². The maximum atomic E-state index is 5.72. The van der Waals surface area contributed by atoms with E-state index in [0.29, 0.717) is 6.04 Å². The summed E-state index contributed by atoms with van der Waals surface area (Å²) in [6, 6.07) is 8.58. The molecule has 0 amide bonds. The van der Waals surface area contributed by atoms with Gasteiger partial charge in [0, 0.05) is 18.1 Å². The molecule has 0 bridgehead atoms. The first-order chi connectivity index (χ1) is 9.69. The van der Waals surface area contributed by atoms with E-state index < -0.39 is 0 Å². The summed E-state index contributed by atoms with van der Waals surface area (Å²) in [7, 11) is 0. The molecular weight excluding hydrogens is 268 g/mol. The Kier molecular flexibility index (Phi) is 5.56. The van der Waals surface area contributed by atoms with Crippen molar-refractivity contribution in [1.29, 1.82) is 0 Å². The van der Waals surface area contributed by atoms with Gasteiger partial charge in [-0.05, 0) is 38.0 Å². The molecule has 108 valence electrons. The number of aromatic nitrogens is 1. The monoisotopic (exact) mass is 290 g/mol. The molecule has 0 saturated carbocycles. The normalized spacial score (nSPS) is 12.6. The van der Waals surface area contributed by atoms with Crippen LogP contribution in [0.4, 0.5) is 0 Å². The predicted molar refractivity (Wildman–Crippen MR) is 84.2 cm³/mol. The molecular formula is C16H22N2OS. The van der Waals surface area contributed by atoms with Crippen molar-refractivity contribution in [3.05, 3.63) is 46.4 Å². The summed E-state index contributed by atoms with van der Waals surface area (Å²) >= 11 is 1.70. The number of thiazole rings is 1. The predicted octanol–water partition coefficient (Wildman–Crippen LogP) is 4.17. The van der Waals surface area contributed by atoms with E-state index in [2.05, 4.69) is 29.4 Å². The van der Waals surface area contributed by atoms with E-state index >= 15 is 0 Å². The second-order valence-corrected chi connectivity index (χ2v) is 5.95. The molecule has 1 atom stereocenters. The molecule has 2 rings (SSSR count). The average molecular weight is 290 g/mol. The first kappa shape index (κ1) is 15.0. The second-order valence-electron chi connectivity index (χ2n) is 5.03. The van der Waals surface area contributed by atoms with Crippen molar-refractivity contribution in [1.82, 2.24) is 10.3 Å². The quantitative estimate of drug-likeness (QED) is 0.831. The van der Waals surface area contributed by atoms with Gasteiger partial charge in [0.15, 0.2) is 0 Å². The van der Waals surface area contributed by atoms with Crippen LogP contribution in [0.2, 0.25) is 0 Å². The lowest BCUT2D eigenvalue weighted by molar-refractivity contribution is 0.242. The van der Waals surface area contributed by atoms with E-state index in [1.807, 2.05) is 37.6 Å². The van der Waals surface area contributed by atoms with Gasteiger partial charge in [0.05, 0.1) is 12.1 Å². The summed E-state index contributed by atoms with van der Waals surface area (Å²) in [5.74, 6) is 0.932. The topological polar surface area (TPSA) is 34.1 Å². The zero-order valence-corrected chi connectivity index (χ0v) is 13.1. The fraction of sp³-hybridized carbons (Fsp3) is 0.438. The van der Waals surface area contributed by atoms with Gasteiger partial charge in [0.1, 0.15) is 10.8 Å². The summed E-state index contributed by atoms with van der Waals surface area (Å²) < 4.78 is 5.72. The molecule has 0 aliphatic rings. The van der Waals surface area contributed by atoms with E-state index in [-0.39, 0.29) is 6.10 Å². The fourth-order valence-corrected chi connectivity index (χ4v) is 2.85. The Hall–Kier alpha value is -1.39. The van der Waals surface area contributed by atoms with Crippen LogP contribution in [0.25, 0.3) is 0 Å². The minimum atomic E-state index is 0.205. The summed E-state index contributed by atoms with van der Waals surface area (Å²) in [6.07, 6.45) is 3.11. The highest BCUT2D eigenvalue weighted by atomic mass is 32.1. The molecule has 0 fully saturated rings. The van der Waals surface area contributed by atoms with Crippen molar-refractivity contribution in [3.63, 3.8) is 0 Å². The number of hydrogen-bond donors (Lipinski definition) is 1. The zero-order valence-electron chi connectivity index (χ0n) is 12.3. The largest absolute Gasteiger partial charge is 0.491 e. The molecule has 20 heavy (non-hydrogen) atoms. The van der Waals surface area contributed by atoms with Gasteiger partial charge in [0.25, 0.3) is 0 Å². The van der Waals surface area contributed by atoms with Crippen LogP contribution in [-0.4, -0.2) is 11.1 Å². The van der Waals surface area contributed by atoms with Crippen LogP contribution in [0, 0.1) is 0 Å². The molecule has 0 aliphatic carbocycles. The number of hydrogen-bond acceptors (Lipinski definition) is 4. The van der Waals surface area contributed by atoms with Crippen LogP contribution >= 0.6 is 11.3 Å². The Labute approximate surface area is 125 Å². The van der Waals surface area contributed by atoms with Crippen molar-refractivity contribution < 1.29 is 4.74 Å². The van der Waals surface area contributed by atoms with E-state index in [4.69, 9.17) is 4.74 Å². The van der Waals surface area contributed by atoms with Crippen LogP contribution in [0.15, 0.2) is 35.8 Å². The van der Waals surface area contributed by atoms with Gasteiger partial charge in [0.2, 0.25) is 0 Å². The lowest BCUT2D eigenvalue weighted by atomic mass is 10.2. The summed E-state index contributed by atoms with van der Waals surface area (Å²) in [5.41, 5.74) is 1.23. The van der Waals surface area contributed by atoms with Crippen molar-refractivity contribution in [3.8, 4) is 5.75 Å². The Balaban J connectivity index is 1.96. The highest BCUT2D eigenvalue weighted by Crippen LogP contribution is 2.20. The minimum Gasteiger partial charge on any atom is -0.491 e. The second kappa shape index (κ2) is 7.41. The van der Waals surface area contributed by atoms with Crippen molar-refractivity contribution >= 4 is 11.3 Å². The molecule has 2 aromatic rings. The van der Waals surface area contributed by atoms with E-state index in [1.165, 1.54) is 5.56 Å². The van der Waals surface area contributed by atoms with Gasteiger partial charge in [-0.3, -0.25) is 0 Å². The van der Waals surface area contributed by atoms with Crippen molar-refractivity contribution in [2.24, 2.45) is 0 Å². The highest BCUT2D eigenvalue weighted by molar-refractivity contribution is 7.09. The number of benzene rings is 1. The van der Waals surface area contributed by atoms with Crippen LogP contribution in [-0.2, 0) is 6.54 Å². The van der Waals surface area contributed by atoms with Crippen LogP contribution in [0.5, 0.6) is 5.75 Å². The van der Waals surface area contributed by atoms with Crippen LogP contribution in [0.3, 0.4) is 0 Å². The molecule has 1 N–H and O–H groups in total. The molecule has 1 heterocycles. The van der Waals surface area contributed by atoms with Crippen LogP contribution < -0.4 is 10.1 Å². The summed E-state index contributed by atoms with van der Waals surface area (Å²) in [4.78, 5) is 4.39. The SMILES string of the molecule is CCC(NCc1cccc(OC(C)C)c1)c1nccs1. The lowest BCUT2D eigenvalue weighted by Gasteiger charge is -2.15.